The fourth-order valence-electron chi connectivity index (χ4n) is 4.64. The maximum atomic E-state index is 13.0. The first kappa shape index (κ1) is 41.4. The SMILES string of the molecule is C=CC(=O)OCCCCCCOc1ccc(C(=O)Oc2ccc(OC(=O)CC(=O)OCCCCOC(=O)C=C)c(/C=N/Nc3nc4ccccc4s3)c2)cc1. The Kier molecular flexibility index (Phi) is 17.1. The van der Waals surface area contributed by atoms with Gasteiger partial charge in [0, 0.05) is 17.7 Å². The van der Waals surface area contributed by atoms with Gasteiger partial charge in [0.2, 0.25) is 5.13 Å². The van der Waals surface area contributed by atoms with E-state index in [1.165, 1.54) is 35.8 Å². The zero-order chi connectivity index (χ0) is 39.3. The molecule has 55 heavy (non-hydrogen) atoms. The van der Waals surface area contributed by atoms with Crippen molar-refractivity contribution >= 4 is 62.7 Å². The first-order valence-electron chi connectivity index (χ1n) is 17.4. The lowest BCUT2D eigenvalue weighted by molar-refractivity contribution is -0.150. The van der Waals surface area contributed by atoms with Gasteiger partial charge in [-0.15, -0.1) is 0 Å². The van der Waals surface area contributed by atoms with Crippen LogP contribution < -0.4 is 19.6 Å². The Bertz CT molecular complexity index is 1940. The van der Waals surface area contributed by atoms with Crippen LogP contribution in [0.2, 0.25) is 0 Å². The summed E-state index contributed by atoms with van der Waals surface area (Å²) in [5.41, 5.74) is 4.20. The van der Waals surface area contributed by atoms with Crippen LogP contribution in [-0.4, -0.2) is 67.5 Å². The number of para-hydroxylation sites is 1. The van der Waals surface area contributed by atoms with Crippen LogP contribution in [0.4, 0.5) is 5.13 Å². The number of esters is 5. The second-order valence-electron chi connectivity index (χ2n) is 11.6. The third-order valence-corrected chi connectivity index (χ3v) is 8.32. The maximum absolute atomic E-state index is 13.0. The van der Waals surface area contributed by atoms with Crippen LogP contribution in [-0.2, 0) is 33.4 Å². The molecule has 0 saturated carbocycles. The van der Waals surface area contributed by atoms with Gasteiger partial charge in [-0.1, -0.05) is 36.6 Å². The van der Waals surface area contributed by atoms with E-state index in [9.17, 15) is 24.0 Å². The molecule has 0 atom stereocenters. The van der Waals surface area contributed by atoms with Crippen molar-refractivity contribution in [2.24, 2.45) is 5.10 Å². The summed E-state index contributed by atoms with van der Waals surface area (Å²) in [6, 6.07) is 18.4. The number of hydrogen-bond acceptors (Lipinski definition) is 15. The molecule has 0 aliphatic heterocycles. The number of unbranched alkanes of at least 4 members (excludes halogenated alkanes) is 4. The zero-order valence-corrected chi connectivity index (χ0v) is 30.9. The van der Waals surface area contributed by atoms with Crippen LogP contribution in [0, 0.1) is 0 Å². The molecule has 15 heteroatoms. The lowest BCUT2D eigenvalue weighted by Crippen LogP contribution is -2.17. The summed E-state index contributed by atoms with van der Waals surface area (Å²) in [5, 5.41) is 4.77. The minimum Gasteiger partial charge on any atom is -0.494 e. The van der Waals surface area contributed by atoms with Crippen molar-refractivity contribution in [3.8, 4) is 17.2 Å². The second kappa shape index (κ2) is 22.7. The van der Waals surface area contributed by atoms with E-state index in [1.54, 1.807) is 24.3 Å². The van der Waals surface area contributed by atoms with E-state index in [4.69, 9.17) is 28.4 Å². The summed E-state index contributed by atoms with van der Waals surface area (Å²) in [6.07, 6.45) is 7.17. The van der Waals surface area contributed by atoms with Gasteiger partial charge in [0.05, 0.1) is 48.4 Å². The van der Waals surface area contributed by atoms with Crippen molar-refractivity contribution in [3.63, 3.8) is 0 Å². The lowest BCUT2D eigenvalue weighted by Gasteiger charge is -2.11. The Morgan fingerprint density at radius 1 is 0.709 bits per heavy atom. The number of hydrazone groups is 1. The Balaban J connectivity index is 1.32. The van der Waals surface area contributed by atoms with Gasteiger partial charge in [-0.2, -0.15) is 5.10 Å². The summed E-state index contributed by atoms with van der Waals surface area (Å²) in [7, 11) is 0. The molecular weight excluding hydrogens is 731 g/mol. The number of benzene rings is 3. The summed E-state index contributed by atoms with van der Waals surface area (Å²) in [4.78, 5) is 64.6. The van der Waals surface area contributed by atoms with E-state index in [-0.39, 0.29) is 35.8 Å². The van der Waals surface area contributed by atoms with Crippen molar-refractivity contribution in [1.29, 1.82) is 0 Å². The van der Waals surface area contributed by atoms with Gasteiger partial charge >= 0.3 is 29.8 Å². The van der Waals surface area contributed by atoms with E-state index >= 15 is 0 Å². The number of ether oxygens (including phenoxy) is 6. The van der Waals surface area contributed by atoms with Crippen LogP contribution >= 0.6 is 11.3 Å². The molecule has 0 spiro atoms. The smallest absolute Gasteiger partial charge is 0.343 e. The van der Waals surface area contributed by atoms with Crippen molar-refractivity contribution in [3.05, 3.63) is 103 Å². The molecule has 0 amide bonds. The monoisotopic (exact) mass is 771 g/mol. The largest absolute Gasteiger partial charge is 0.494 e. The molecule has 0 aliphatic rings. The molecule has 0 aliphatic carbocycles. The summed E-state index contributed by atoms with van der Waals surface area (Å²) < 4.78 is 32.7. The lowest BCUT2D eigenvalue weighted by atomic mass is 10.2. The van der Waals surface area contributed by atoms with Crippen LogP contribution in [0.5, 0.6) is 17.2 Å². The molecule has 0 saturated heterocycles. The Labute approximate surface area is 321 Å². The van der Waals surface area contributed by atoms with Crippen LogP contribution in [0.25, 0.3) is 10.2 Å². The molecule has 4 rings (SSSR count). The number of carbonyl (C=O) groups is 5. The Hall–Kier alpha value is -6.35. The molecule has 4 aromatic rings. The van der Waals surface area contributed by atoms with Gasteiger partial charge < -0.3 is 28.4 Å². The van der Waals surface area contributed by atoms with Gasteiger partial charge in [-0.3, -0.25) is 15.0 Å². The number of fused-ring (bicyclic) bond motifs is 1. The number of thiazole rings is 1. The van der Waals surface area contributed by atoms with Crippen molar-refractivity contribution in [1.82, 2.24) is 4.98 Å². The van der Waals surface area contributed by atoms with Crippen LogP contribution in [0.3, 0.4) is 0 Å². The zero-order valence-electron chi connectivity index (χ0n) is 30.1. The van der Waals surface area contributed by atoms with Gasteiger partial charge in [0.1, 0.15) is 23.7 Å². The van der Waals surface area contributed by atoms with Crippen LogP contribution in [0.1, 0.15) is 60.9 Å². The molecule has 1 aromatic heterocycles. The van der Waals surface area contributed by atoms with Gasteiger partial charge in [-0.05, 0) is 93.1 Å². The van der Waals surface area contributed by atoms with Gasteiger partial charge in [0.15, 0.2) is 0 Å². The second-order valence-corrected chi connectivity index (χ2v) is 12.6. The molecule has 3 aromatic carbocycles. The highest BCUT2D eigenvalue weighted by molar-refractivity contribution is 7.22. The minimum absolute atomic E-state index is 0.0299. The Morgan fingerprint density at radius 2 is 1.35 bits per heavy atom. The van der Waals surface area contributed by atoms with Crippen LogP contribution in [0.15, 0.2) is 97.1 Å². The maximum Gasteiger partial charge on any atom is 0.343 e. The minimum atomic E-state index is -0.878. The third kappa shape index (κ3) is 14.9. The van der Waals surface area contributed by atoms with Gasteiger partial charge in [-0.25, -0.2) is 19.4 Å². The summed E-state index contributed by atoms with van der Waals surface area (Å²) in [6.45, 7) is 7.70. The normalized spacial score (nSPS) is 10.7. The number of carbonyl (C=O) groups excluding carboxylic acids is 5. The number of nitrogens with one attached hydrogen (secondary N) is 1. The fraction of sp³-hybridized carbons (Fsp3) is 0.275. The first-order valence-corrected chi connectivity index (χ1v) is 18.2. The van der Waals surface area contributed by atoms with Crippen molar-refractivity contribution in [2.45, 2.75) is 44.9 Å². The average Bonchev–Trinajstić information content (AvgIpc) is 3.61. The first-order chi connectivity index (χ1) is 26.7. The van der Waals surface area contributed by atoms with E-state index in [0.717, 1.165) is 48.1 Å². The molecule has 0 radical (unpaired) electrons. The molecule has 1 N–H and O–H groups in total. The summed E-state index contributed by atoms with van der Waals surface area (Å²) >= 11 is 1.39. The predicted molar refractivity (Wildman–Crippen MR) is 205 cm³/mol. The molecule has 0 bridgehead atoms. The predicted octanol–water partition coefficient (Wildman–Crippen LogP) is 6.98. The van der Waals surface area contributed by atoms with E-state index in [1.807, 2.05) is 24.3 Å². The van der Waals surface area contributed by atoms with Crippen molar-refractivity contribution in [2.75, 3.05) is 31.9 Å². The van der Waals surface area contributed by atoms with Gasteiger partial charge in [0.25, 0.3) is 0 Å². The number of anilines is 1. The highest BCUT2D eigenvalue weighted by Crippen LogP contribution is 2.27. The molecule has 14 nitrogen and oxygen atoms in total. The topological polar surface area (TPSA) is 178 Å². The molecule has 1 heterocycles. The number of nitrogens with zero attached hydrogens (tertiary/aromatic N) is 2. The Morgan fingerprint density at radius 3 is 2.04 bits per heavy atom. The highest BCUT2D eigenvalue weighted by atomic mass is 32.1. The van der Waals surface area contributed by atoms with Crippen molar-refractivity contribution < 1.29 is 52.4 Å². The quantitative estimate of drug-likeness (QED) is 0.0120. The number of aromatic nitrogens is 1. The number of hydrogen-bond donors (Lipinski definition) is 1. The van der Waals surface area contributed by atoms with E-state index in [2.05, 4.69) is 28.7 Å². The fourth-order valence-corrected chi connectivity index (χ4v) is 5.46. The average molecular weight is 772 g/mol. The summed E-state index contributed by atoms with van der Waals surface area (Å²) in [5.74, 6) is -2.48. The van der Waals surface area contributed by atoms with E-state index < -0.39 is 36.3 Å². The standard InChI is InChI=1S/C40H41N3O11S/c1-3-35(44)50-22-10-6-5-9-21-49-30-17-15-28(16-18-30)39(48)53-31-19-20-33(54-38(47)26-37(46)52-24-12-11-23-51-36(45)4-2)29(25-31)27-41-43-40-42-32-13-7-8-14-34(32)55-40/h3-4,7-8,13-20,25,27H,1-2,5-6,9-12,21-24,26H2,(H,42,43)/b41-27+. The molecule has 0 unspecified atom stereocenters. The third-order valence-electron chi connectivity index (χ3n) is 7.38. The highest BCUT2D eigenvalue weighted by Gasteiger charge is 2.17. The molecule has 288 valence electrons. The van der Waals surface area contributed by atoms with E-state index in [0.29, 0.717) is 36.9 Å². The molecule has 0 fully saturated rings. The molecular formula is C40H41N3O11S. The number of rotatable bonds is 23.